The molecule has 46 heavy (non-hydrogen) atoms. The number of carbonyl (C=O) groups is 1. The van der Waals surface area contributed by atoms with Crippen LogP contribution in [0.15, 0.2) is 55.4 Å². The molecule has 5 rings (SSSR count). The van der Waals surface area contributed by atoms with Crippen LogP contribution in [0, 0.1) is 24.1 Å². The van der Waals surface area contributed by atoms with E-state index >= 15 is 4.39 Å². The summed E-state index contributed by atoms with van der Waals surface area (Å²) in [4.78, 5) is 22.6. The van der Waals surface area contributed by atoms with Gasteiger partial charge in [0.15, 0.2) is 17.5 Å². The predicted octanol–water partition coefficient (Wildman–Crippen LogP) is 5.30. The number of halogens is 2. The number of fused-ring (bicyclic) bond motifs is 1. The van der Waals surface area contributed by atoms with Gasteiger partial charge in [-0.1, -0.05) is 49.6 Å². The molecule has 0 atom stereocenters. The highest BCUT2D eigenvalue weighted by Gasteiger charge is 2.43. The molecule has 2 fully saturated rings. The largest absolute Gasteiger partial charge is 0.394 e. The Kier molecular flexibility index (Phi) is 8.89. The van der Waals surface area contributed by atoms with Crippen molar-refractivity contribution in [2.24, 2.45) is 5.84 Å². The number of likely N-dealkylation sites (N-methyl/N-ethyl adjacent to an activating group) is 1. The van der Waals surface area contributed by atoms with Crippen molar-refractivity contribution in [2.45, 2.75) is 38.3 Å². The molecule has 0 bridgehead atoms. The van der Waals surface area contributed by atoms with Gasteiger partial charge in [0.05, 0.1) is 16.8 Å². The summed E-state index contributed by atoms with van der Waals surface area (Å²) in [6.07, 6.45) is 6.01. The lowest BCUT2D eigenvalue weighted by Crippen LogP contribution is -2.67. The summed E-state index contributed by atoms with van der Waals surface area (Å²) in [5.41, 5.74) is 9.88. The molecule has 9 nitrogen and oxygen atoms in total. The SMILES string of the molecule is C=C/C=C\c1cccc(-c2c(C)cc3c(N(N)C4CCN(C(=O)C(=C)F)CC4)c(N)c(N4CC(C)(N(C)C)C4)nc3c2F)c1C#N. The summed E-state index contributed by atoms with van der Waals surface area (Å²) in [5, 5.41) is 12.1. The standard InChI is InChI=1S/C35H40F2N8O/c1-7-8-10-23-11-9-12-25(27(23)18-38)28-21(2)17-26-31(29(28)37)41-33(44-19-35(4,20-44)42(5)6)30(39)32(26)45(40)24-13-15-43(16-14-24)34(46)22(3)36/h7-12,17,24H,1,3,13-16,19-20,39-40H2,2,4-6H3/b10-8-. The van der Waals surface area contributed by atoms with E-state index in [1.165, 1.54) is 4.90 Å². The number of nitrogens with two attached hydrogens (primary N) is 2. The van der Waals surface area contributed by atoms with Gasteiger partial charge in [-0.15, -0.1) is 0 Å². The number of hydrogen-bond donors (Lipinski definition) is 2. The number of piperidine rings is 1. The van der Waals surface area contributed by atoms with Gasteiger partial charge in [0.1, 0.15) is 17.3 Å². The molecule has 240 valence electrons. The van der Waals surface area contributed by atoms with Crippen molar-refractivity contribution in [3.63, 3.8) is 0 Å². The monoisotopic (exact) mass is 626 g/mol. The first-order valence-electron chi connectivity index (χ1n) is 15.2. The number of pyridine rings is 1. The lowest BCUT2D eigenvalue weighted by Gasteiger charge is -2.52. The quantitative estimate of drug-likeness (QED) is 0.150. The average Bonchev–Trinajstić information content (AvgIpc) is 3.01. The second-order valence-electron chi connectivity index (χ2n) is 12.5. The molecule has 2 aliphatic heterocycles. The molecular weight excluding hydrogens is 586 g/mol. The fourth-order valence-corrected chi connectivity index (χ4v) is 6.45. The Labute approximate surface area is 268 Å². The van der Waals surface area contributed by atoms with Gasteiger partial charge in [0, 0.05) is 48.7 Å². The highest BCUT2D eigenvalue weighted by molar-refractivity contribution is 6.04. The molecule has 2 aromatic carbocycles. The fourth-order valence-electron chi connectivity index (χ4n) is 6.45. The van der Waals surface area contributed by atoms with Crippen LogP contribution in [0.2, 0.25) is 0 Å². The van der Waals surface area contributed by atoms with Crippen LogP contribution in [0.25, 0.3) is 28.1 Å². The van der Waals surface area contributed by atoms with Gasteiger partial charge in [-0.2, -0.15) is 5.26 Å². The van der Waals surface area contributed by atoms with Crippen molar-refractivity contribution < 1.29 is 13.6 Å². The maximum absolute atomic E-state index is 17.0. The van der Waals surface area contributed by atoms with Gasteiger partial charge in [-0.3, -0.25) is 4.79 Å². The number of aryl methyl sites for hydroxylation is 1. The number of allylic oxidation sites excluding steroid dienone is 2. The molecule has 0 radical (unpaired) electrons. The molecule has 11 heteroatoms. The lowest BCUT2D eigenvalue weighted by molar-refractivity contribution is -0.129. The van der Waals surface area contributed by atoms with Crippen LogP contribution < -0.4 is 21.5 Å². The molecule has 1 aromatic heterocycles. The topological polar surface area (TPSA) is 119 Å². The number of nitrogen functional groups attached to an aromatic ring is 1. The number of amides is 1. The zero-order chi connectivity index (χ0) is 33.5. The van der Waals surface area contributed by atoms with E-state index < -0.39 is 17.6 Å². The van der Waals surface area contributed by atoms with Gasteiger partial charge in [0.25, 0.3) is 5.91 Å². The summed E-state index contributed by atoms with van der Waals surface area (Å²) in [6.45, 7) is 12.6. The van der Waals surface area contributed by atoms with E-state index in [4.69, 9.17) is 16.6 Å². The van der Waals surface area contributed by atoms with Gasteiger partial charge < -0.3 is 25.4 Å². The van der Waals surface area contributed by atoms with Crippen molar-refractivity contribution in [2.75, 3.05) is 55.9 Å². The second-order valence-corrected chi connectivity index (χ2v) is 12.5. The Morgan fingerprint density at radius 3 is 2.52 bits per heavy atom. The summed E-state index contributed by atoms with van der Waals surface area (Å²) in [5.74, 6) is 4.95. The Morgan fingerprint density at radius 1 is 1.26 bits per heavy atom. The van der Waals surface area contributed by atoms with E-state index in [0.717, 1.165) is 0 Å². The first-order valence-corrected chi connectivity index (χ1v) is 15.2. The normalized spacial score (nSPS) is 16.5. The van der Waals surface area contributed by atoms with Crippen molar-refractivity contribution in [1.29, 1.82) is 5.26 Å². The molecule has 4 N–H and O–H groups in total. The number of hydrogen-bond acceptors (Lipinski definition) is 8. The van der Waals surface area contributed by atoms with Crippen LogP contribution in [0.5, 0.6) is 0 Å². The Bertz CT molecular complexity index is 1800. The predicted molar refractivity (Wildman–Crippen MR) is 181 cm³/mol. The molecule has 0 unspecified atom stereocenters. The molecule has 3 heterocycles. The molecule has 2 aliphatic rings. The number of rotatable bonds is 8. The number of aromatic nitrogens is 1. The second kappa shape index (κ2) is 12.5. The summed E-state index contributed by atoms with van der Waals surface area (Å²) < 4.78 is 30.5. The third-order valence-corrected chi connectivity index (χ3v) is 9.37. The van der Waals surface area contributed by atoms with E-state index in [1.807, 2.05) is 25.1 Å². The molecule has 3 aromatic rings. The van der Waals surface area contributed by atoms with Crippen LogP contribution in [-0.2, 0) is 4.79 Å². The van der Waals surface area contributed by atoms with E-state index in [2.05, 4.69) is 31.1 Å². The highest BCUT2D eigenvalue weighted by atomic mass is 19.1. The number of carbonyl (C=O) groups excluding carboxylic acids is 1. The van der Waals surface area contributed by atoms with Gasteiger partial charge in [-0.25, -0.2) is 19.6 Å². The number of anilines is 3. The maximum Gasteiger partial charge on any atom is 0.281 e. The molecule has 1 amide bonds. The highest BCUT2D eigenvalue weighted by Crippen LogP contribution is 2.45. The smallest absolute Gasteiger partial charge is 0.281 e. The van der Waals surface area contributed by atoms with E-state index in [9.17, 15) is 14.4 Å². The summed E-state index contributed by atoms with van der Waals surface area (Å²) in [6, 6.07) is 9.12. The molecule has 2 saturated heterocycles. The minimum Gasteiger partial charge on any atom is -0.394 e. The first-order chi connectivity index (χ1) is 21.8. The first kappa shape index (κ1) is 32.6. The Morgan fingerprint density at radius 2 is 1.93 bits per heavy atom. The molecule has 0 spiro atoms. The maximum atomic E-state index is 17.0. The zero-order valence-electron chi connectivity index (χ0n) is 26.8. The molecular formula is C35H40F2N8O. The Balaban J connectivity index is 1.67. The third kappa shape index (κ3) is 5.59. The van der Waals surface area contributed by atoms with E-state index in [1.54, 1.807) is 48.4 Å². The van der Waals surface area contributed by atoms with Crippen molar-refractivity contribution in [3.05, 3.63) is 77.9 Å². The van der Waals surface area contributed by atoms with Crippen molar-refractivity contribution in [3.8, 4) is 17.2 Å². The van der Waals surface area contributed by atoms with Crippen LogP contribution in [0.4, 0.5) is 26.0 Å². The van der Waals surface area contributed by atoms with E-state index in [-0.39, 0.29) is 35.8 Å². The zero-order valence-corrected chi connectivity index (χ0v) is 26.8. The number of likely N-dealkylation sites (tertiary alicyclic amines) is 1. The summed E-state index contributed by atoms with van der Waals surface area (Å²) in [7, 11) is 4.02. The van der Waals surface area contributed by atoms with Crippen LogP contribution in [0.3, 0.4) is 0 Å². The molecule has 0 aliphatic carbocycles. The fraction of sp³-hybridized carbons (Fsp3) is 0.343. The number of nitriles is 1. The third-order valence-electron chi connectivity index (χ3n) is 9.37. The minimum absolute atomic E-state index is 0.0889. The van der Waals surface area contributed by atoms with Gasteiger partial charge in [0.2, 0.25) is 0 Å². The average molecular weight is 627 g/mol. The summed E-state index contributed by atoms with van der Waals surface area (Å²) >= 11 is 0. The minimum atomic E-state index is -1.00. The van der Waals surface area contributed by atoms with E-state index in [0.29, 0.717) is 70.8 Å². The molecule has 0 saturated carbocycles. The lowest BCUT2D eigenvalue weighted by atomic mass is 9.89. The van der Waals surface area contributed by atoms with Crippen molar-refractivity contribution in [1.82, 2.24) is 14.8 Å². The van der Waals surface area contributed by atoms with Crippen LogP contribution >= 0.6 is 0 Å². The number of hydrazine groups is 1. The van der Waals surface area contributed by atoms with Crippen LogP contribution in [-0.4, -0.2) is 72.5 Å². The van der Waals surface area contributed by atoms with Crippen molar-refractivity contribution >= 4 is 40.1 Å². The van der Waals surface area contributed by atoms with Crippen LogP contribution in [0.1, 0.15) is 36.5 Å². The number of benzene rings is 2. The number of nitrogens with zero attached hydrogens (tertiary/aromatic N) is 6. The Hall–Kier alpha value is -4.79. The van der Waals surface area contributed by atoms with Gasteiger partial charge in [-0.05, 0) is 58.0 Å². The van der Waals surface area contributed by atoms with Gasteiger partial charge >= 0.3 is 0 Å².